The lowest BCUT2D eigenvalue weighted by Gasteiger charge is -2.26. The molecule has 2 fully saturated rings. The average molecular weight is 516 g/mol. The average Bonchev–Trinajstić information content (AvgIpc) is 3.50. The van der Waals surface area contributed by atoms with Crippen LogP contribution >= 0.6 is 0 Å². The zero-order valence-electron chi connectivity index (χ0n) is 19.6. The second kappa shape index (κ2) is 9.32. The Morgan fingerprint density at radius 3 is 2.56 bits per heavy atom. The summed E-state index contributed by atoms with van der Waals surface area (Å²) < 4.78 is 73.5. The number of pyridine rings is 2. The van der Waals surface area contributed by atoms with Crippen molar-refractivity contribution in [3.63, 3.8) is 0 Å². The van der Waals surface area contributed by atoms with E-state index in [2.05, 4.69) is 9.97 Å². The second-order valence-corrected chi connectivity index (χ2v) is 9.17. The molecule has 0 radical (unpaired) electrons. The van der Waals surface area contributed by atoms with Crippen LogP contribution in [0.3, 0.4) is 0 Å². The molecule has 2 aromatic rings. The standard InChI is InChI=1S/C23H25F5N4O4/c1-3-22(5-6-22)36-20(34)14-8-29-18-13(17(14)33)7-15(24)19(30-18)32-10-12(16(25)11-32)9-31(4-2)21(35)23(26,27)28/h7-8,12,16H,3-6,9-11H2,1-2H3,(H,29,30,33)/t12-,16+/m0/s1. The van der Waals surface area contributed by atoms with Crippen molar-refractivity contribution in [2.75, 3.05) is 31.1 Å². The van der Waals surface area contributed by atoms with Crippen LogP contribution in [0.2, 0.25) is 0 Å². The van der Waals surface area contributed by atoms with E-state index in [1.54, 1.807) is 0 Å². The normalized spacial score (nSPS) is 21.0. The number of nitrogens with zero attached hydrogens (tertiary/aromatic N) is 3. The molecule has 2 atom stereocenters. The van der Waals surface area contributed by atoms with Crippen LogP contribution in [0.5, 0.6) is 0 Å². The highest BCUT2D eigenvalue weighted by atomic mass is 19.4. The summed E-state index contributed by atoms with van der Waals surface area (Å²) in [7, 11) is 0. The number of carbonyl (C=O) groups excluding carboxylic acids is 2. The molecule has 2 aromatic heterocycles. The maximum absolute atomic E-state index is 15.0. The van der Waals surface area contributed by atoms with Crippen molar-refractivity contribution in [3.05, 3.63) is 33.9 Å². The molecule has 36 heavy (non-hydrogen) atoms. The fourth-order valence-corrected chi connectivity index (χ4v) is 4.40. The zero-order valence-corrected chi connectivity index (χ0v) is 19.6. The van der Waals surface area contributed by atoms with Gasteiger partial charge in [0.1, 0.15) is 23.0 Å². The number of halogens is 5. The van der Waals surface area contributed by atoms with Gasteiger partial charge in [-0.15, -0.1) is 0 Å². The first-order valence-electron chi connectivity index (χ1n) is 11.6. The lowest BCUT2D eigenvalue weighted by atomic mass is 10.1. The minimum absolute atomic E-state index is 0.0501. The number of amides is 1. The van der Waals surface area contributed by atoms with Crippen LogP contribution in [-0.4, -0.2) is 70.9 Å². The van der Waals surface area contributed by atoms with Crippen LogP contribution in [0, 0.1) is 11.7 Å². The summed E-state index contributed by atoms with van der Waals surface area (Å²) in [6, 6.07) is 0.881. The van der Waals surface area contributed by atoms with Gasteiger partial charge in [0, 0.05) is 31.7 Å². The summed E-state index contributed by atoms with van der Waals surface area (Å²) in [6.07, 6.45) is -3.59. The first-order valence-corrected chi connectivity index (χ1v) is 11.6. The lowest BCUT2D eigenvalue weighted by Crippen LogP contribution is -2.44. The Morgan fingerprint density at radius 1 is 1.28 bits per heavy atom. The largest absolute Gasteiger partial charge is 0.471 e. The lowest BCUT2D eigenvalue weighted by molar-refractivity contribution is -0.186. The number of aromatic nitrogens is 2. The molecule has 0 aromatic carbocycles. The highest BCUT2D eigenvalue weighted by Gasteiger charge is 2.46. The summed E-state index contributed by atoms with van der Waals surface area (Å²) in [5.41, 5.74) is -1.69. The molecule has 13 heteroatoms. The molecule has 4 rings (SSSR count). The highest BCUT2D eigenvalue weighted by molar-refractivity contribution is 5.93. The molecule has 0 spiro atoms. The van der Waals surface area contributed by atoms with Gasteiger partial charge in [0.15, 0.2) is 11.6 Å². The molecule has 196 valence electrons. The second-order valence-electron chi connectivity index (χ2n) is 9.17. The van der Waals surface area contributed by atoms with Crippen molar-refractivity contribution in [2.45, 2.75) is 51.1 Å². The summed E-state index contributed by atoms with van der Waals surface area (Å²) in [6.45, 7) is 1.90. The minimum atomic E-state index is -5.08. The number of anilines is 1. The van der Waals surface area contributed by atoms with Crippen molar-refractivity contribution in [3.8, 4) is 0 Å². The van der Waals surface area contributed by atoms with E-state index in [1.165, 1.54) is 11.8 Å². The summed E-state index contributed by atoms with van der Waals surface area (Å²) in [4.78, 5) is 45.3. The number of rotatable bonds is 7. The first-order chi connectivity index (χ1) is 16.9. The van der Waals surface area contributed by atoms with E-state index in [0.717, 1.165) is 12.3 Å². The molecule has 2 aliphatic rings. The van der Waals surface area contributed by atoms with Gasteiger partial charge in [-0.05, 0) is 32.3 Å². The first kappa shape index (κ1) is 25.8. The van der Waals surface area contributed by atoms with Crippen molar-refractivity contribution < 1.29 is 36.3 Å². The fraction of sp³-hybridized carbons (Fsp3) is 0.565. The Hall–Kier alpha value is -3.25. The van der Waals surface area contributed by atoms with E-state index in [1.807, 2.05) is 6.92 Å². The maximum Gasteiger partial charge on any atom is 0.471 e. The van der Waals surface area contributed by atoms with Gasteiger partial charge in [-0.2, -0.15) is 13.2 Å². The zero-order chi connectivity index (χ0) is 26.4. The van der Waals surface area contributed by atoms with Gasteiger partial charge in [-0.1, -0.05) is 6.92 Å². The van der Waals surface area contributed by atoms with Gasteiger partial charge in [0.2, 0.25) is 5.43 Å². The minimum Gasteiger partial charge on any atom is -0.455 e. The maximum atomic E-state index is 15.0. The Morgan fingerprint density at radius 2 is 1.97 bits per heavy atom. The van der Waals surface area contributed by atoms with E-state index in [9.17, 15) is 36.3 Å². The Balaban J connectivity index is 1.55. The van der Waals surface area contributed by atoms with Crippen LogP contribution in [0.1, 0.15) is 43.5 Å². The van der Waals surface area contributed by atoms with Gasteiger partial charge >= 0.3 is 18.1 Å². The van der Waals surface area contributed by atoms with Gasteiger partial charge in [0.25, 0.3) is 0 Å². The van der Waals surface area contributed by atoms with E-state index in [0.29, 0.717) is 24.2 Å². The summed E-state index contributed by atoms with van der Waals surface area (Å²) in [5.74, 6) is -5.15. The number of carbonyl (C=O) groups is 2. The molecular formula is C23H25F5N4O4. The molecule has 1 amide bonds. The van der Waals surface area contributed by atoms with Crippen LogP contribution in [0.25, 0.3) is 11.0 Å². The molecule has 1 aliphatic heterocycles. The Kier molecular flexibility index (Phi) is 6.69. The van der Waals surface area contributed by atoms with Gasteiger partial charge < -0.3 is 19.5 Å². The molecule has 0 bridgehead atoms. The van der Waals surface area contributed by atoms with Crippen LogP contribution < -0.4 is 10.3 Å². The van der Waals surface area contributed by atoms with Crippen molar-refractivity contribution >= 4 is 28.7 Å². The number of hydrogen-bond acceptors (Lipinski definition) is 6. The van der Waals surface area contributed by atoms with Crippen LogP contribution in [0.15, 0.2) is 17.1 Å². The third-order valence-electron chi connectivity index (χ3n) is 6.81. The van der Waals surface area contributed by atoms with Crippen molar-refractivity contribution in [1.82, 2.24) is 14.9 Å². The monoisotopic (exact) mass is 516 g/mol. The van der Waals surface area contributed by atoms with Crippen molar-refractivity contribution in [1.29, 1.82) is 0 Å². The molecule has 8 nitrogen and oxygen atoms in total. The van der Waals surface area contributed by atoms with Crippen LogP contribution in [-0.2, 0) is 9.53 Å². The number of alkyl halides is 4. The van der Waals surface area contributed by atoms with Gasteiger partial charge in [-0.3, -0.25) is 9.59 Å². The van der Waals surface area contributed by atoms with E-state index < -0.39 is 53.5 Å². The smallest absolute Gasteiger partial charge is 0.455 e. The Bertz CT molecular complexity index is 1240. The topological polar surface area (TPSA) is 95.6 Å². The quantitative estimate of drug-likeness (QED) is 0.448. The highest BCUT2D eigenvalue weighted by Crippen LogP contribution is 2.43. The third-order valence-corrected chi connectivity index (χ3v) is 6.81. The molecule has 0 unspecified atom stereocenters. The number of nitrogens with one attached hydrogen (secondary N) is 1. The molecule has 1 saturated heterocycles. The number of ether oxygens (including phenoxy) is 1. The summed E-state index contributed by atoms with van der Waals surface area (Å²) >= 11 is 0. The molecule has 3 heterocycles. The fourth-order valence-electron chi connectivity index (χ4n) is 4.40. The molecular weight excluding hydrogens is 491 g/mol. The van der Waals surface area contributed by atoms with E-state index in [4.69, 9.17) is 4.74 Å². The molecule has 1 saturated carbocycles. The SMILES string of the molecule is CCN(C[C@H]1CN(c2nc3[nH]cc(C(=O)OC4(CC)CC4)c(=O)c3cc2F)C[C@H]1F)C(=O)C(F)(F)F. The van der Waals surface area contributed by atoms with E-state index >= 15 is 0 Å². The van der Waals surface area contributed by atoms with Gasteiger partial charge in [-0.25, -0.2) is 18.6 Å². The number of H-pyrrole nitrogens is 1. The number of aromatic amines is 1. The van der Waals surface area contributed by atoms with Crippen LogP contribution in [0.4, 0.5) is 27.8 Å². The van der Waals surface area contributed by atoms with Crippen molar-refractivity contribution in [2.24, 2.45) is 5.92 Å². The number of esters is 1. The molecule has 1 N–H and O–H groups in total. The van der Waals surface area contributed by atoms with Gasteiger partial charge in [0.05, 0.1) is 11.9 Å². The number of hydrogen-bond donors (Lipinski definition) is 1. The predicted molar refractivity (Wildman–Crippen MR) is 119 cm³/mol. The molecule has 1 aliphatic carbocycles. The third kappa shape index (κ3) is 4.87. The van der Waals surface area contributed by atoms with E-state index in [-0.39, 0.29) is 42.0 Å². The summed E-state index contributed by atoms with van der Waals surface area (Å²) in [5, 5.41) is -0.201. The number of fused-ring (bicyclic) bond motifs is 1. The Labute approximate surface area is 202 Å². The predicted octanol–water partition coefficient (Wildman–Crippen LogP) is 3.35.